The Balaban J connectivity index is 1.47. The summed E-state index contributed by atoms with van der Waals surface area (Å²) in [6.07, 6.45) is 3.39. The van der Waals surface area contributed by atoms with E-state index in [1.54, 1.807) is 6.07 Å². The number of anilines is 2. The summed E-state index contributed by atoms with van der Waals surface area (Å²) < 4.78 is 0.625. The van der Waals surface area contributed by atoms with Crippen LogP contribution in [0.4, 0.5) is 10.8 Å². The number of benzene rings is 2. The number of amides is 2. The fourth-order valence-corrected chi connectivity index (χ4v) is 4.32. The number of thioether (sulfide) groups is 1. The number of nitrogens with one attached hydrogen (secondary N) is 2. The molecule has 1 heterocycles. The smallest absolute Gasteiger partial charge is 0.257 e. The number of rotatable bonds is 9. The number of aryl methyl sites for hydroxylation is 2. The topological polar surface area (TPSA) is 84.0 Å². The number of unbranched alkanes of at least 4 members (excludes halogenated alkanes) is 1. The molecule has 3 rings (SSSR count). The molecule has 0 fully saturated rings. The van der Waals surface area contributed by atoms with Crippen molar-refractivity contribution in [2.75, 3.05) is 16.4 Å². The summed E-state index contributed by atoms with van der Waals surface area (Å²) >= 11 is 2.54. The van der Waals surface area contributed by atoms with Crippen LogP contribution in [0.15, 0.2) is 52.9 Å². The van der Waals surface area contributed by atoms with Gasteiger partial charge in [0.15, 0.2) is 4.34 Å². The molecule has 0 atom stereocenters. The Morgan fingerprint density at radius 1 is 1.03 bits per heavy atom. The van der Waals surface area contributed by atoms with Crippen LogP contribution in [0.25, 0.3) is 0 Å². The van der Waals surface area contributed by atoms with Crippen molar-refractivity contribution in [2.24, 2.45) is 0 Å². The first-order chi connectivity index (χ1) is 14.5. The Morgan fingerprint density at radius 2 is 1.80 bits per heavy atom. The highest BCUT2D eigenvalue weighted by Crippen LogP contribution is 2.26. The van der Waals surface area contributed by atoms with Gasteiger partial charge >= 0.3 is 0 Å². The first-order valence-corrected chi connectivity index (χ1v) is 11.6. The maximum Gasteiger partial charge on any atom is 0.257 e. The average Bonchev–Trinajstić information content (AvgIpc) is 3.19. The second-order valence-electron chi connectivity index (χ2n) is 6.78. The molecule has 2 amide bonds. The molecule has 2 aromatic carbocycles. The van der Waals surface area contributed by atoms with Gasteiger partial charge in [-0.05, 0) is 49.1 Å². The Bertz CT molecular complexity index is 1000. The van der Waals surface area contributed by atoms with E-state index in [4.69, 9.17) is 0 Å². The standard InChI is InChI=1S/C22H24N4O2S2/c1-3-4-8-16-10-12-17(13-11-16)23-19(27)14-29-22-26-25-21(30-22)24-20(28)18-9-6-5-7-15(18)2/h5-7,9-13H,3-4,8,14H2,1-2H3,(H,23,27)(H,24,25,28). The molecule has 0 saturated carbocycles. The lowest BCUT2D eigenvalue weighted by Gasteiger charge is -2.06. The monoisotopic (exact) mass is 440 g/mol. The van der Waals surface area contributed by atoms with Crippen molar-refractivity contribution < 1.29 is 9.59 Å². The van der Waals surface area contributed by atoms with Crippen LogP contribution in [-0.2, 0) is 11.2 Å². The maximum absolute atomic E-state index is 12.4. The minimum absolute atomic E-state index is 0.109. The lowest BCUT2D eigenvalue weighted by Crippen LogP contribution is -2.13. The van der Waals surface area contributed by atoms with Crippen molar-refractivity contribution in [2.45, 2.75) is 37.4 Å². The normalized spacial score (nSPS) is 10.6. The number of hydrogen-bond acceptors (Lipinski definition) is 6. The second kappa shape index (κ2) is 10.9. The highest BCUT2D eigenvalue weighted by molar-refractivity contribution is 8.01. The van der Waals surface area contributed by atoms with Gasteiger partial charge in [-0.2, -0.15) is 0 Å². The molecule has 0 spiro atoms. The molecule has 0 aliphatic carbocycles. The minimum atomic E-state index is -0.221. The number of carbonyl (C=O) groups excluding carboxylic acids is 2. The zero-order chi connectivity index (χ0) is 21.3. The molecule has 156 valence electrons. The van der Waals surface area contributed by atoms with E-state index in [0.29, 0.717) is 15.0 Å². The van der Waals surface area contributed by atoms with Crippen LogP contribution < -0.4 is 10.6 Å². The van der Waals surface area contributed by atoms with Crippen molar-refractivity contribution >= 4 is 45.7 Å². The molecule has 0 saturated heterocycles. The van der Waals surface area contributed by atoms with E-state index in [2.05, 4.69) is 27.8 Å². The van der Waals surface area contributed by atoms with Gasteiger partial charge in [-0.3, -0.25) is 14.9 Å². The van der Waals surface area contributed by atoms with E-state index < -0.39 is 0 Å². The van der Waals surface area contributed by atoms with E-state index in [0.717, 1.165) is 24.1 Å². The minimum Gasteiger partial charge on any atom is -0.325 e. The first kappa shape index (κ1) is 22.0. The fraction of sp³-hybridized carbons (Fsp3) is 0.273. The van der Waals surface area contributed by atoms with E-state index in [-0.39, 0.29) is 17.6 Å². The quantitative estimate of drug-likeness (QED) is 0.354. The zero-order valence-electron chi connectivity index (χ0n) is 17.0. The second-order valence-corrected chi connectivity index (χ2v) is 8.98. The summed E-state index contributed by atoms with van der Waals surface area (Å²) in [7, 11) is 0. The molecule has 1 aromatic heterocycles. The van der Waals surface area contributed by atoms with Gasteiger partial charge in [-0.15, -0.1) is 10.2 Å². The van der Waals surface area contributed by atoms with Gasteiger partial charge in [0, 0.05) is 11.3 Å². The van der Waals surface area contributed by atoms with Gasteiger partial charge in [0.1, 0.15) is 0 Å². The number of carbonyl (C=O) groups is 2. The largest absolute Gasteiger partial charge is 0.325 e. The third-order valence-electron chi connectivity index (χ3n) is 4.40. The predicted molar refractivity (Wildman–Crippen MR) is 123 cm³/mol. The van der Waals surface area contributed by atoms with Crippen molar-refractivity contribution in [3.05, 3.63) is 65.2 Å². The molecular formula is C22H24N4O2S2. The summed E-state index contributed by atoms with van der Waals surface area (Å²) in [6.45, 7) is 4.05. The number of aromatic nitrogens is 2. The van der Waals surface area contributed by atoms with E-state index in [9.17, 15) is 9.59 Å². The fourth-order valence-electron chi connectivity index (χ4n) is 2.77. The van der Waals surface area contributed by atoms with Gasteiger partial charge in [0.25, 0.3) is 5.91 Å². The van der Waals surface area contributed by atoms with Crippen molar-refractivity contribution in [1.82, 2.24) is 10.2 Å². The van der Waals surface area contributed by atoms with Crippen LogP contribution in [0.1, 0.15) is 41.3 Å². The zero-order valence-corrected chi connectivity index (χ0v) is 18.6. The Morgan fingerprint density at radius 3 is 2.53 bits per heavy atom. The Kier molecular flexibility index (Phi) is 7.98. The molecule has 3 aromatic rings. The lowest BCUT2D eigenvalue weighted by molar-refractivity contribution is -0.113. The van der Waals surface area contributed by atoms with E-state index >= 15 is 0 Å². The summed E-state index contributed by atoms with van der Waals surface area (Å²) in [6, 6.07) is 15.3. The molecular weight excluding hydrogens is 416 g/mol. The van der Waals surface area contributed by atoms with E-state index in [1.165, 1.54) is 35.1 Å². The van der Waals surface area contributed by atoms with Crippen LogP contribution in [0, 0.1) is 6.92 Å². The summed E-state index contributed by atoms with van der Waals surface area (Å²) in [4.78, 5) is 24.6. The van der Waals surface area contributed by atoms with Crippen LogP contribution in [0.2, 0.25) is 0 Å². The van der Waals surface area contributed by atoms with Gasteiger partial charge in [0.05, 0.1) is 5.75 Å². The number of hydrogen-bond donors (Lipinski definition) is 2. The predicted octanol–water partition coefficient (Wildman–Crippen LogP) is 5.17. The van der Waals surface area contributed by atoms with Crippen LogP contribution in [0.3, 0.4) is 0 Å². The van der Waals surface area contributed by atoms with Crippen molar-refractivity contribution in [3.63, 3.8) is 0 Å². The van der Waals surface area contributed by atoms with Crippen LogP contribution in [0.5, 0.6) is 0 Å². The molecule has 2 N–H and O–H groups in total. The summed E-state index contributed by atoms with van der Waals surface area (Å²) in [5.41, 5.74) is 3.55. The molecule has 0 bridgehead atoms. The van der Waals surface area contributed by atoms with Crippen molar-refractivity contribution in [3.8, 4) is 0 Å². The van der Waals surface area contributed by atoms with Crippen molar-refractivity contribution in [1.29, 1.82) is 0 Å². The van der Waals surface area contributed by atoms with Gasteiger partial charge < -0.3 is 5.32 Å². The molecule has 0 radical (unpaired) electrons. The molecule has 30 heavy (non-hydrogen) atoms. The van der Waals surface area contributed by atoms with Crippen LogP contribution >= 0.6 is 23.1 Å². The van der Waals surface area contributed by atoms with Gasteiger partial charge in [0.2, 0.25) is 11.0 Å². The molecule has 6 nitrogen and oxygen atoms in total. The molecule has 0 aliphatic rings. The maximum atomic E-state index is 12.4. The average molecular weight is 441 g/mol. The number of nitrogens with zero attached hydrogens (tertiary/aromatic N) is 2. The first-order valence-electron chi connectivity index (χ1n) is 9.77. The Hall–Kier alpha value is -2.71. The Labute approximate surface area is 184 Å². The molecule has 0 unspecified atom stereocenters. The van der Waals surface area contributed by atoms with Gasteiger partial charge in [-0.25, -0.2) is 0 Å². The highest BCUT2D eigenvalue weighted by atomic mass is 32.2. The highest BCUT2D eigenvalue weighted by Gasteiger charge is 2.13. The molecule has 8 heteroatoms. The van der Waals surface area contributed by atoms with E-state index in [1.807, 2.05) is 49.4 Å². The summed E-state index contributed by atoms with van der Waals surface area (Å²) in [5, 5.41) is 14.1. The lowest BCUT2D eigenvalue weighted by atomic mass is 10.1. The molecule has 0 aliphatic heterocycles. The van der Waals surface area contributed by atoms with Crippen LogP contribution in [-0.4, -0.2) is 27.8 Å². The third kappa shape index (κ3) is 6.40. The SMILES string of the molecule is CCCCc1ccc(NC(=O)CSc2nnc(NC(=O)c3ccccc3C)s2)cc1. The van der Waals surface area contributed by atoms with Gasteiger partial charge in [-0.1, -0.05) is 66.8 Å². The third-order valence-corrected chi connectivity index (χ3v) is 6.37. The summed E-state index contributed by atoms with van der Waals surface area (Å²) in [5.74, 6) is -0.110.